The van der Waals surface area contributed by atoms with Crippen LogP contribution in [0.4, 0.5) is 4.39 Å². The molecule has 1 unspecified atom stereocenters. The van der Waals surface area contributed by atoms with Crippen LogP contribution in [0.1, 0.15) is 56.3 Å². The van der Waals surface area contributed by atoms with E-state index in [1.807, 2.05) is 25.1 Å². The third kappa shape index (κ3) is 7.56. The molecule has 1 amide bonds. The molecule has 0 radical (unpaired) electrons. The average molecular weight is 557 g/mol. The molecule has 1 aromatic heterocycles. The number of furan rings is 1. The topological polar surface area (TPSA) is 80.1 Å². The van der Waals surface area contributed by atoms with Crippen LogP contribution in [0, 0.1) is 12.7 Å². The maximum Gasteiger partial charge on any atom is 0.243 e. The maximum absolute atomic E-state index is 13.8. The number of carbonyl (C=O) groups excluding carboxylic acids is 1. The Hall–Kier alpha value is -3.01. The lowest BCUT2D eigenvalue weighted by molar-refractivity contribution is -0.133. The number of carbonyl (C=O) groups is 1. The predicted molar refractivity (Wildman–Crippen MR) is 147 cm³/mol. The first kappa shape index (κ1) is 29.0. The number of amides is 1. The fourth-order valence-electron chi connectivity index (χ4n) is 4.59. The highest BCUT2D eigenvalue weighted by molar-refractivity contribution is 7.89. The zero-order valence-corrected chi connectivity index (χ0v) is 23.8. The number of aryl methyl sites for hydroxylation is 1. The molecular weight excluding hydrogens is 519 g/mol. The van der Waals surface area contributed by atoms with E-state index in [1.54, 1.807) is 30.3 Å². The van der Waals surface area contributed by atoms with Gasteiger partial charge in [0.25, 0.3) is 0 Å². The number of sulfonamides is 1. The lowest BCUT2D eigenvalue weighted by Gasteiger charge is -2.28. The SMILES string of the molecule is Cc1ccc(CN(Cc2ccc(F)cc2)C(=O)CN(CC2CCCO2)S(=O)(=O)c2ccc(C(C)(C)C)cc2)o1. The zero-order valence-electron chi connectivity index (χ0n) is 23.0. The van der Waals surface area contributed by atoms with Crippen molar-refractivity contribution in [1.82, 2.24) is 9.21 Å². The summed E-state index contributed by atoms with van der Waals surface area (Å²) in [4.78, 5) is 15.4. The molecule has 0 aliphatic carbocycles. The molecule has 1 aliphatic heterocycles. The first-order chi connectivity index (χ1) is 18.4. The van der Waals surface area contributed by atoms with Gasteiger partial charge in [0.1, 0.15) is 17.3 Å². The van der Waals surface area contributed by atoms with Crippen molar-refractivity contribution in [2.75, 3.05) is 19.7 Å². The van der Waals surface area contributed by atoms with Gasteiger partial charge in [-0.3, -0.25) is 4.79 Å². The van der Waals surface area contributed by atoms with Gasteiger partial charge in [0.15, 0.2) is 0 Å². The van der Waals surface area contributed by atoms with Crippen LogP contribution in [-0.4, -0.2) is 49.3 Å². The van der Waals surface area contributed by atoms with Crippen molar-refractivity contribution in [1.29, 1.82) is 0 Å². The molecule has 7 nitrogen and oxygen atoms in total. The highest BCUT2D eigenvalue weighted by atomic mass is 32.2. The van der Waals surface area contributed by atoms with Crippen LogP contribution in [0.3, 0.4) is 0 Å². The van der Waals surface area contributed by atoms with E-state index in [9.17, 15) is 17.6 Å². The van der Waals surface area contributed by atoms with E-state index in [-0.39, 0.29) is 54.3 Å². The van der Waals surface area contributed by atoms with Gasteiger partial charge in [-0.05, 0) is 72.7 Å². The van der Waals surface area contributed by atoms with Crippen LogP contribution in [0.15, 0.2) is 70.0 Å². The normalized spacial score (nSPS) is 16.1. The second-order valence-electron chi connectivity index (χ2n) is 11.1. The number of ether oxygens (including phenoxy) is 1. The lowest BCUT2D eigenvalue weighted by Crippen LogP contribution is -2.45. The Kier molecular flexibility index (Phi) is 8.93. The summed E-state index contributed by atoms with van der Waals surface area (Å²) in [6.07, 6.45) is 1.30. The molecule has 1 fully saturated rings. The summed E-state index contributed by atoms with van der Waals surface area (Å²) in [7, 11) is -3.99. The van der Waals surface area contributed by atoms with E-state index in [4.69, 9.17) is 9.15 Å². The predicted octanol–water partition coefficient (Wildman–Crippen LogP) is 5.42. The van der Waals surface area contributed by atoms with Crippen molar-refractivity contribution in [2.24, 2.45) is 0 Å². The van der Waals surface area contributed by atoms with E-state index in [0.717, 1.165) is 24.0 Å². The molecule has 0 saturated carbocycles. The van der Waals surface area contributed by atoms with Crippen LogP contribution >= 0.6 is 0 Å². The van der Waals surface area contributed by atoms with E-state index in [0.29, 0.717) is 18.1 Å². The minimum Gasteiger partial charge on any atom is -0.464 e. The van der Waals surface area contributed by atoms with Gasteiger partial charge in [-0.1, -0.05) is 45.0 Å². The van der Waals surface area contributed by atoms with Gasteiger partial charge in [0.05, 0.1) is 24.1 Å². The second kappa shape index (κ2) is 12.0. The van der Waals surface area contributed by atoms with Gasteiger partial charge in [0, 0.05) is 19.7 Å². The quantitative estimate of drug-likeness (QED) is 0.333. The molecule has 1 saturated heterocycles. The summed E-state index contributed by atoms with van der Waals surface area (Å²) >= 11 is 0. The Morgan fingerprint density at radius 1 is 1.00 bits per heavy atom. The smallest absolute Gasteiger partial charge is 0.243 e. The Balaban J connectivity index is 1.61. The molecular formula is C30H37FN2O5S. The lowest BCUT2D eigenvalue weighted by atomic mass is 9.87. The molecule has 1 atom stereocenters. The fraction of sp³-hybridized carbons (Fsp3) is 0.433. The standard InChI is InChI=1S/C30H37FN2O5S/c1-22-7-14-27(38-22)19-32(18-23-8-12-25(31)13-9-23)29(34)21-33(20-26-6-5-17-37-26)39(35,36)28-15-10-24(11-16-28)30(2,3)4/h7-16,26H,5-6,17-21H2,1-4H3. The van der Waals surface area contributed by atoms with E-state index in [2.05, 4.69) is 20.8 Å². The summed E-state index contributed by atoms with van der Waals surface area (Å²) < 4.78 is 53.8. The molecule has 0 spiro atoms. The zero-order chi connectivity index (χ0) is 28.2. The van der Waals surface area contributed by atoms with Crippen molar-refractivity contribution in [3.8, 4) is 0 Å². The summed E-state index contributed by atoms with van der Waals surface area (Å²) in [6.45, 7) is 8.63. The molecule has 0 bridgehead atoms. The Labute approximate surface area is 230 Å². The third-order valence-corrected chi connectivity index (χ3v) is 8.71. The Morgan fingerprint density at radius 2 is 1.69 bits per heavy atom. The van der Waals surface area contributed by atoms with Gasteiger partial charge in [-0.25, -0.2) is 12.8 Å². The Bertz CT molecular complexity index is 1360. The molecule has 3 aromatic rings. The maximum atomic E-state index is 13.8. The van der Waals surface area contributed by atoms with Crippen molar-refractivity contribution >= 4 is 15.9 Å². The van der Waals surface area contributed by atoms with Crippen LogP contribution in [-0.2, 0) is 38.1 Å². The Morgan fingerprint density at radius 3 is 2.26 bits per heavy atom. The monoisotopic (exact) mass is 556 g/mol. The molecule has 0 N–H and O–H groups in total. The first-order valence-corrected chi connectivity index (χ1v) is 14.7. The van der Waals surface area contributed by atoms with Crippen LogP contribution in [0.5, 0.6) is 0 Å². The second-order valence-corrected chi connectivity index (χ2v) is 13.0. The molecule has 2 heterocycles. The van der Waals surface area contributed by atoms with Gasteiger partial charge >= 0.3 is 0 Å². The van der Waals surface area contributed by atoms with Gasteiger partial charge in [-0.2, -0.15) is 4.31 Å². The van der Waals surface area contributed by atoms with Crippen molar-refractivity contribution in [2.45, 2.75) is 70.0 Å². The summed E-state index contributed by atoms with van der Waals surface area (Å²) in [6, 6.07) is 16.3. The number of nitrogens with zero attached hydrogens (tertiary/aromatic N) is 2. The van der Waals surface area contributed by atoms with Crippen molar-refractivity contribution in [3.05, 3.63) is 89.1 Å². The molecule has 1 aliphatic rings. The van der Waals surface area contributed by atoms with Crippen LogP contribution in [0.2, 0.25) is 0 Å². The number of hydrogen-bond acceptors (Lipinski definition) is 5. The van der Waals surface area contributed by atoms with Gasteiger partial charge in [-0.15, -0.1) is 0 Å². The number of hydrogen-bond donors (Lipinski definition) is 0. The molecule has 210 valence electrons. The third-order valence-electron chi connectivity index (χ3n) is 6.88. The van der Waals surface area contributed by atoms with E-state index < -0.39 is 10.0 Å². The van der Waals surface area contributed by atoms with Crippen molar-refractivity contribution in [3.63, 3.8) is 0 Å². The van der Waals surface area contributed by atoms with Crippen LogP contribution in [0.25, 0.3) is 0 Å². The van der Waals surface area contributed by atoms with E-state index in [1.165, 1.54) is 21.3 Å². The average Bonchev–Trinajstić information content (AvgIpc) is 3.55. The highest BCUT2D eigenvalue weighted by Gasteiger charge is 2.32. The van der Waals surface area contributed by atoms with E-state index >= 15 is 0 Å². The van der Waals surface area contributed by atoms with Crippen LogP contribution < -0.4 is 0 Å². The summed E-state index contributed by atoms with van der Waals surface area (Å²) in [5.41, 5.74) is 1.61. The molecule has 2 aromatic carbocycles. The fourth-order valence-corrected chi connectivity index (χ4v) is 6.01. The molecule has 4 rings (SSSR count). The van der Waals surface area contributed by atoms with Gasteiger partial charge in [0.2, 0.25) is 15.9 Å². The summed E-state index contributed by atoms with van der Waals surface area (Å²) in [5.74, 6) is 0.528. The molecule has 9 heteroatoms. The number of benzene rings is 2. The molecule has 39 heavy (non-hydrogen) atoms. The number of rotatable bonds is 10. The van der Waals surface area contributed by atoms with Crippen molar-refractivity contribution < 1.29 is 26.8 Å². The minimum absolute atomic E-state index is 0.0827. The minimum atomic E-state index is -3.99. The number of halogens is 1. The van der Waals surface area contributed by atoms with Gasteiger partial charge < -0.3 is 14.1 Å². The largest absolute Gasteiger partial charge is 0.464 e. The summed E-state index contributed by atoms with van der Waals surface area (Å²) in [5, 5.41) is 0. The first-order valence-electron chi connectivity index (χ1n) is 13.2. The highest BCUT2D eigenvalue weighted by Crippen LogP contribution is 2.26.